The van der Waals surface area contributed by atoms with Crippen LogP contribution in [0.15, 0.2) is 12.4 Å². The molecule has 0 unspecified atom stereocenters. The third kappa shape index (κ3) is 4.96. The SMILES string of the molecule is Cc1cc(CC[C@@H]2CN(CC3(O)CCCCC3)CCO2)ncn1. The Labute approximate surface area is 139 Å². The third-order valence-corrected chi connectivity index (χ3v) is 5.11. The lowest BCUT2D eigenvalue weighted by Crippen LogP contribution is -2.50. The summed E-state index contributed by atoms with van der Waals surface area (Å²) >= 11 is 0. The highest BCUT2D eigenvalue weighted by molar-refractivity contribution is 5.06. The number of nitrogens with zero attached hydrogens (tertiary/aromatic N) is 3. The first-order valence-electron chi connectivity index (χ1n) is 8.97. The maximum absolute atomic E-state index is 10.7. The Balaban J connectivity index is 1.48. The molecular weight excluding hydrogens is 290 g/mol. The Hall–Kier alpha value is -1.04. The predicted octanol–water partition coefficient (Wildman–Crippen LogP) is 2.11. The quantitative estimate of drug-likeness (QED) is 0.901. The normalized spacial score (nSPS) is 25.4. The van der Waals surface area contributed by atoms with Crippen LogP contribution in [0, 0.1) is 6.92 Å². The van der Waals surface area contributed by atoms with Crippen molar-refractivity contribution in [2.75, 3.05) is 26.2 Å². The second-order valence-corrected chi connectivity index (χ2v) is 7.20. The van der Waals surface area contributed by atoms with Crippen LogP contribution in [-0.4, -0.2) is 57.9 Å². The van der Waals surface area contributed by atoms with Gasteiger partial charge in [0.2, 0.25) is 0 Å². The fourth-order valence-corrected chi connectivity index (χ4v) is 3.84. The number of rotatable bonds is 5. The monoisotopic (exact) mass is 319 g/mol. The van der Waals surface area contributed by atoms with E-state index in [-0.39, 0.29) is 6.10 Å². The summed E-state index contributed by atoms with van der Waals surface area (Å²) in [6.45, 7) is 5.43. The molecule has 23 heavy (non-hydrogen) atoms. The van der Waals surface area contributed by atoms with E-state index in [1.54, 1.807) is 6.33 Å². The van der Waals surface area contributed by atoms with E-state index in [9.17, 15) is 5.11 Å². The lowest BCUT2D eigenvalue weighted by molar-refractivity contribution is -0.0769. The van der Waals surface area contributed by atoms with Crippen LogP contribution in [0.1, 0.15) is 49.9 Å². The van der Waals surface area contributed by atoms with Crippen LogP contribution in [0.4, 0.5) is 0 Å². The third-order valence-electron chi connectivity index (χ3n) is 5.11. The number of ether oxygens (including phenoxy) is 1. The summed E-state index contributed by atoms with van der Waals surface area (Å²) in [6.07, 6.45) is 9.28. The predicted molar refractivity (Wildman–Crippen MR) is 89.3 cm³/mol. The number of hydrogen-bond donors (Lipinski definition) is 1. The molecule has 0 spiro atoms. The van der Waals surface area contributed by atoms with Gasteiger partial charge in [-0.2, -0.15) is 0 Å². The van der Waals surface area contributed by atoms with Gasteiger partial charge in [0.15, 0.2) is 0 Å². The van der Waals surface area contributed by atoms with E-state index in [1.807, 2.05) is 13.0 Å². The van der Waals surface area contributed by atoms with Crippen LogP contribution in [0.3, 0.4) is 0 Å². The zero-order valence-corrected chi connectivity index (χ0v) is 14.2. The summed E-state index contributed by atoms with van der Waals surface area (Å²) in [6, 6.07) is 2.05. The molecule has 3 rings (SSSR count). The molecule has 0 amide bonds. The van der Waals surface area contributed by atoms with Crippen LogP contribution in [0.2, 0.25) is 0 Å². The van der Waals surface area contributed by atoms with Crippen LogP contribution < -0.4 is 0 Å². The lowest BCUT2D eigenvalue weighted by atomic mass is 9.84. The van der Waals surface area contributed by atoms with E-state index in [2.05, 4.69) is 14.9 Å². The summed E-state index contributed by atoms with van der Waals surface area (Å²) in [5, 5.41) is 10.7. The van der Waals surface area contributed by atoms with Crippen molar-refractivity contribution >= 4 is 0 Å². The summed E-state index contributed by atoms with van der Waals surface area (Å²) in [4.78, 5) is 10.9. The Bertz CT molecular complexity index is 503. The molecule has 128 valence electrons. The minimum absolute atomic E-state index is 0.242. The van der Waals surface area contributed by atoms with Crippen molar-refractivity contribution in [3.05, 3.63) is 23.8 Å². The molecule has 0 aromatic carbocycles. The van der Waals surface area contributed by atoms with Gasteiger partial charge in [-0.1, -0.05) is 19.3 Å². The van der Waals surface area contributed by atoms with Gasteiger partial charge in [-0.3, -0.25) is 4.90 Å². The fraction of sp³-hybridized carbons (Fsp3) is 0.778. The molecule has 5 nitrogen and oxygen atoms in total. The van der Waals surface area contributed by atoms with E-state index in [4.69, 9.17) is 4.74 Å². The van der Waals surface area contributed by atoms with Crippen molar-refractivity contribution in [3.8, 4) is 0 Å². The number of hydrogen-bond acceptors (Lipinski definition) is 5. The first kappa shape index (κ1) is 16.8. The average Bonchev–Trinajstić information content (AvgIpc) is 2.54. The number of aliphatic hydroxyl groups is 1. The van der Waals surface area contributed by atoms with Gasteiger partial charge in [0, 0.05) is 31.0 Å². The van der Waals surface area contributed by atoms with Gasteiger partial charge in [-0.25, -0.2) is 9.97 Å². The van der Waals surface area contributed by atoms with Crippen molar-refractivity contribution in [1.82, 2.24) is 14.9 Å². The van der Waals surface area contributed by atoms with Gasteiger partial charge < -0.3 is 9.84 Å². The molecule has 2 fully saturated rings. The Morgan fingerprint density at radius 1 is 1.30 bits per heavy atom. The van der Waals surface area contributed by atoms with E-state index in [0.29, 0.717) is 0 Å². The Kier molecular flexibility index (Phi) is 5.62. The largest absolute Gasteiger partial charge is 0.389 e. The van der Waals surface area contributed by atoms with Crippen molar-refractivity contribution < 1.29 is 9.84 Å². The van der Waals surface area contributed by atoms with E-state index in [0.717, 1.165) is 76.2 Å². The van der Waals surface area contributed by atoms with Crippen LogP contribution in [-0.2, 0) is 11.2 Å². The topological polar surface area (TPSA) is 58.5 Å². The minimum atomic E-state index is -0.468. The molecule has 0 radical (unpaired) electrons. The molecule has 0 bridgehead atoms. The highest BCUT2D eigenvalue weighted by Gasteiger charge is 2.33. The number of aryl methyl sites for hydroxylation is 2. The molecule has 1 aliphatic heterocycles. The number of morpholine rings is 1. The lowest BCUT2D eigenvalue weighted by Gasteiger charge is -2.40. The zero-order chi connectivity index (χ0) is 16.1. The summed E-state index contributed by atoms with van der Waals surface area (Å²) in [5.74, 6) is 0. The van der Waals surface area contributed by atoms with Crippen molar-refractivity contribution in [2.24, 2.45) is 0 Å². The molecule has 1 N–H and O–H groups in total. The molecule has 1 aliphatic carbocycles. The van der Waals surface area contributed by atoms with E-state index >= 15 is 0 Å². The molecule has 1 aromatic rings. The summed E-state index contributed by atoms with van der Waals surface area (Å²) in [5.41, 5.74) is 1.63. The highest BCUT2D eigenvalue weighted by Crippen LogP contribution is 2.29. The molecule has 1 atom stereocenters. The standard InChI is InChI=1S/C18H29N3O2/c1-15-11-16(20-14-19-15)5-6-17-12-21(9-10-23-17)13-18(22)7-3-2-4-8-18/h11,14,17,22H,2-10,12-13H2,1H3/t17-/m1/s1. The van der Waals surface area contributed by atoms with Gasteiger partial charge in [0.1, 0.15) is 6.33 Å². The maximum Gasteiger partial charge on any atom is 0.115 e. The second-order valence-electron chi connectivity index (χ2n) is 7.20. The molecule has 5 heteroatoms. The molecule has 1 saturated carbocycles. The van der Waals surface area contributed by atoms with E-state index < -0.39 is 5.60 Å². The van der Waals surface area contributed by atoms with Crippen molar-refractivity contribution in [3.63, 3.8) is 0 Å². The molecule has 1 aromatic heterocycles. The molecule has 2 heterocycles. The van der Waals surface area contributed by atoms with Crippen molar-refractivity contribution in [2.45, 2.75) is 63.6 Å². The van der Waals surface area contributed by atoms with Crippen LogP contribution in [0.5, 0.6) is 0 Å². The maximum atomic E-state index is 10.7. The zero-order valence-electron chi connectivity index (χ0n) is 14.2. The van der Waals surface area contributed by atoms with Gasteiger partial charge in [-0.05, 0) is 38.7 Å². The first-order chi connectivity index (χ1) is 11.1. The number of aromatic nitrogens is 2. The Morgan fingerprint density at radius 2 is 2.13 bits per heavy atom. The van der Waals surface area contributed by atoms with Gasteiger partial charge >= 0.3 is 0 Å². The summed E-state index contributed by atoms with van der Waals surface area (Å²) < 4.78 is 5.92. The fourth-order valence-electron chi connectivity index (χ4n) is 3.84. The van der Waals surface area contributed by atoms with Crippen LogP contribution in [0.25, 0.3) is 0 Å². The van der Waals surface area contributed by atoms with E-state index in [1.165, 1.54) is 6.42 Å². The first-order valence-corrected chi connectivity index (χ1v) is 8.97. The van der Waals surface area contributed by atoms with Gasteiger partial charge in [-0.15, -0.1) is 0 Å². The Morgan fingerprint density at radius 3 is 2.91 bits per heavy atom. The number of β-amino-alcohol motifs (C(OH)–C–C–N with tert-alkyl or cyclic N) is 1. The van der Waals surface area contributed by atoms with Gasteiger partial charge in [0.05, 0.1) is 18.3 Å². The second kappa shape index (κ2) is 7.69. The smallest absolute Gasteiger partial charge is 0.115 e. The minimum Gasteiger partial charge on any atom is -0.389 e. The molecule has 2 aliphatic rings. The summed E-state index contributed by atoms with van der Waals surface area (Å²) in [7, 11) is 0. The molecular formula is C18H29N3O2. The van der Waals surface area contributed by atoms with Gasteiger partial charge in [0.25, 0.3) is 0 Å². The molecule has 1 saturated heterocycles. The highest BCUT2D eigenvalue weighted by atomic mass is 16.5. The van der Waals surface area contributed by atoms with Crippen molar-refractivity contribution in [1.29, 1.82) is 0 Å². The van der Waals surface area contributed by atoms with Crippen LogP contribution >= 0.6 is 0 Å². The average molecular weight is 319 g/mol.